The number of carbonyl (C=O) groups excluding carboxylic acids is 1. The quantitative estimate of drug-likeness (QED) is 0.730. The Hall–Kier alpha value is -2.86. The lowest BCUT2D eigenvalue weighted by atomic mass is 10.1. The number of hydrogen-bond acceptors (Lipinski definition) is 4. The number of methoxy groups -OCH3 is 1. The summed E-state index contributed by atoms with van der Waals surface area (Å²) >= 11 is 0. The number of carbonyl (C=O) groups is 2. The van der Waals surface area contributed by atoms with Crippen LogP contribution in [0.15, 0.2) is 48.5 Å². The van der Waals surface area contributed by atoms with E-state index in [1.165, 1.54) is 0 Å². The third kappa shape index (κ3) is 5.93. The van der Waals surface area contributed by atoms with Crippen LogP contribution in [0.4, 0.5) is 0 Å². The lowest BCUT2D eigenvalue weighted by Crippen LogP contribution is -2.26. The minimum absolute atomic E-state index is 0.130. The van der Waals surface area contributed by atoms with Crippen LogP contribution in [0.1, 0.15) is 21.5 Å². The molecule has 0 atom stereocenters. The van der Waals surface area contributed by atoms with Gasteiger partial charge < -0.3 is 19.9 Å². The summed E-state index contributed by atoms with van der Waals surface area (Å²) in [4.78, 5) is 22.7. The largest absolute Gasteiger partial charge is 0.482 e. The van der Waals surface area contributed by atoms with E-state index in [2.05, 4.69) is 5.32 Å². The Kier molecular flexibility index (Phi) is 6.98. The first-order valence-corrected chi connectivity index (χ1v) is 7.88. The average molecular weight is 343 g/mol. The molecule has 0 unspecified atom stereocenters. The summed E-state index contributed by atoms with van der Waals surface area (Å²) in [6.45, 7) is 0.521. The summed E-state index contributed by atoms with van der Waals surface area (Å²) in [5.74, 6) is -0.640. The van der Waals surface area contributed by atoms with E-state index in [1.807, 2.05) is 30.3 Å². The summed E-state index contributed by atoms with van der Waals surface area (Å²) in [6.07, 6.45) is 0.664. The van der Waals surface area contributed by atoms with Crippen molar-refractivity contribution in [3.63, 3.8) is 0 Å². The van der Waals surface area contributed by atoms with Crippen LogP contribution in [-0.2, 0) is 22.6 Å². The summed E-state index contributed by atoms with van der Waals surface area (Å²) < 4.78 is 10.2. The molecule has 0 aliphatic rings. The molecular weight excluding hydrogens is 322 g/mol. The Morgan fingerprint density at radius 1 is 1.08 bits per heavy atom. The zero-order valence-corrected chi connectivity index (χ0v) is 14.0. The van der Waals surface area contributed by atoms with Crippen LogP contribution in [-0.4, -0.2) is 37.2 Å². The Labute approximate surface area is 146 Å². The summed E-state index contributed by atoms with van der Waals surface area (Å²) in [5.41, 5.74) is 2.48. The highest BCUT2D eigenvalue weighted by Gasteiger charge is 2.10. The van der Waals surface area contributed by atoms with E-state index in [4.69, 9.17) is 14.6 Å². The molecule has 25 heavy (non-hydrogen) atoms. The van der Waals surface area contributed by atoms with Gasteiger partial charge in [0.25, 0.3) is 5.91 Å². The van der Waals surface area contributed by atoms with Gasteiger partial charge in [0.05, 0.1) is 6.61 Å². The predicted octanol–water partition coefficient (Wildman–Crippen LogP) is 2.27. The van der Waals surface area contributed by atoms with Gasteiger partial charge in [0.1, 0.15) is 5.75 Å². The molecule has 6 heteroatoms. The molecule has 0 bridgehead atoms. The number of hydrogen-bond donors (Lipinski definition) is 2. The van der Waals surface area contributed by atoms with Crippen molar-refractivity contribution >= 4 is 11.9 Å². The molecule has 0 fully saturated rings. The molecule has 0 aliphatic carbocycles. The van der Waals surface area contributed by atoms with E-state index >= 15 is 0 Å². The third-order valence-corrected chi connectivity index (χ3v) is 3.55. The van der Waals surface area contributed by atoms with Crippen molar-refractivity contribution in [3.8, 4) is 5.75 Å². The molecule has 1 amide bonds. The van der Waals surface area contributed by atoms with Crippen molar-refractivity contribution in [2.75, 3.05) is 20.3 Å². The maximum absolute atomic E-state index is 12.3. The second-order valence-corrected chi connectivity index (χ2v) is 5.42. The summed E-state index contributed by atoms with van der Waals surface area (Å²) in [5, 5.41) is 11.5. The highest BCUT2D eigenvalue weighted by atomic mass is 16.5. The molecule has 0 heterocycles. The number of ether oxygens (including phenoxy) is 2. The molecule has 0 saturated carbocycles. The van der Waals surface area contributed by atoms with Gasteiger partial charge in [-0.25, -0.2) is 4.79 Å². The van der Waals surface area contributed by atoms with Crippen molar-refractivity contribution in [2.24, 2.45) is 0 Å². The summed E-state index contributed by atoms with van der Waals surface area (Å²) in [7, 11) is 1.60. The Balaban J connectivity index is 1.84. The number of nitrogens with one attached hydrogen (secondary N) is 1. The maximum atomic E-state index is 12.3. The van der Waals surface area contributed by atoms with Crippen molar-refractivity contribution in [2.45, 2.75) is 13.0 Å². The molecule has 2 aromatic carbocycles. The Morgan fingerprint density at radius 2 is 1.80 bits per heavy atom. The average Bonchev–Trinajstić information content (AvgIpc) is 2.61. The SMILES string of the molecule is COCc1ccccc1C(=O)NCCc1ccc(OCC(=O)O)cc1. The van der Waals surface area contributed by atoms with Crippen molar-refractivity contribution in [1.82, 2.24) is 5.32 Å². The third-order valence-electron chi connectivity index (χ3n) is 3.55. The fourth-order valence-corrected chi connectivity index (χ4v) is 2.34. The van der Waals surface area contributed by atoms with E-state index in [0.29, 0.717) is 30.9 Å². The van der Waals surface area contributed by atoms with Gasteiger partial charge in [-0.2, -0.15) is 0 Å². The number of aliphatic carboxylic acids is 1. The van der Waals surface area contributed by atoms with Gasteiger partial charge in [-0.15, -0.1) is 0 Å². The normalized spacial score (nSPS) is 10.3. The van der Waals surface area contributed by atoms with Crippen molar-refractivity contribution in [1.29, 1.82) is 0 Å². The number of benzene rings is 2. The zero-order chi connectivity index (χ0) is 18.1. The molecular formula is C19H21NO5. The predicted molar refractivity (Wildman–Crippen MR) is 92.8 cm³/mol. The highest BCUT2D eigenvalue weighted by molar-refractivity contribution is 5.95. The van der Waals surface area contributed by atoms with Gasteiger partial charge in [0, 0.05) is 19.2 Å². The second kappa shape index (κ2) is 9.44. The first-order chi connectivity index (χ1) is 12.1. The molecule has 2 N–H and O–H groups in total. The smallest absolute Gasteiger partial charge is 0.341 e. The van der Waals surface area contributed by atoms with Gasteiger partial charge in [-0.05, 0) is 35.7 Å². The first-order valence-electron chi connectivity index (χ1n) is 7.88. The molecule has 2 rings (SSSR count). The van der Waals surface area contributed by atoms with Gasteiger partial charge in [-0.1, -0.05) is 30.3 Å². The highest BCUT2D eigenvalue weighted by Crippen LogP contribution is 2.13. The standard InChI is InChI=1S/C19H21NO5/c1-24-12-15-4-2-3-5-17(15)19(23)20-11-10-14-6-8-16(9-7-14)25-13-18(21)22/h2-9H,10-13H2,1H3,(H,20,23)(H,21,22). The minimum atomic E-state index is -1.01. The van der Waals surface area contributed by atoms with Gasteiger partial charge >= 0.3 is 5.97 Å². The topological polar surface area (TPSA) is 84.9 Å². The number of carboxylic acids is 1. The maximum Gasteiger partial charge on any atom is 0.341 e. The molecule has 2 aromatic rings. The van der Waals surface area contributed by atoms with Crippen LogP contribution in [0, 0.1) is 0 Å². The fourth-order valence-electron chi connectivity index (χ4n) is 2.34. The van der Waals surface area contributed by atoms with E-state index < -0.39 is 5.97 Å². The molecule has 0 aliphatic heterocycles. The van der Waals surface area contributed by atoms with Gasteiger partial charge in [0.2, 0.25) is 0 Å². The molecule has 0 aromatic heterocycles. The first kappa shape index (κ1) is 18.5. The van der Waals surface area contributed by atoms with Crippen LogP contribution in [0.3, 0.4) is 0 Å². The monoisotopic (exact) mass is 343 g/mol. The van der Waals surface area contributed by atoms with Gasteiger partial charge in [0.15, 0.2) is 6.61 Å². The van der Waals surface area contributed by atoms with Crippen LogP contribution in [0.5, 0.6) is 5.75 Å². The number of rotatable bonds is 9. The van der Waals surface area contributed by atoms with Crippen LogP contribution in [0.25, 0.3) is 0 Å². The van der Waals surface area contributed by atoms with Gasteiger partial charge in [-0.3, -0.25) is 4.79 Å². The lowest BCUT2D eigenvalue weighted by molar-refractivity contribution is -0.139. The van der Waals surface area contributed by atoms with Crippen LogP contribution in [0.2, 0.25) is 0 Å². The van der Waals surface area contributed by atoms with Crippen molar-refractivity contribution in [3.05, 3.63) is 65.2 Å². The van der Waals surface area contributed by atoms with Crippen LogP contribution >= 0.6 is 0 Å². The Morgan fingerprint density at radius 3 is 2.48 bits per heavy atom. The van der Waals surface area contributed by atoms with E-state index in [1.54, 1.807) is 25.3 Å². The van der Waals surface area contributed by atoms with Crippen molar-refractivity contribution < 1.29 is 24.2 Å². The number of amides is 1. The lowest BCUT2D eigenvalue weighted by Gasteiger charge is -2.10. The fraction of sp³-hybridized carbons (Fsp3) is 0.263. The molecule has 0 spiro atoms. The molecule has 0 saturated heterocycles. The zero-order valence-electron chi connectivity index (χ0n) is 14.0. The molecule has 0 radical (unpaired) electrons. The molecule has 6 nitrogen and oxygen atoms in total. The van der Waals surface area contributed by atoms with Crippen LogP contribution < -0.4 is 10.1 Å². The second-order valence-electron chi connectivity index (χ2n) is 5.42. The number of carboxylic acid groups (broad SMARTS) is 1. The van der Waals surface area contributed by atoms with E-state index in [9.17, 15) is 9.59 Å². The minimum Gasteiger partial charge on any atom is -0.482 e. The Bertz CT molecular complexity index is 712. The summed E-state index contributed by atoms with van der Waals surface area (Å²) in [6, 6.07) is 14.5. The molecule has 132 valence electrons. The van der Waals surface area contributed by atoms with E-state index in [0.717, 1.165) is 11.1 Å². The van der Waals surface area contributed by atoms with E-state index in [-0.39, 0.29) is 12.5 Å².